The molecule has 1 N–H and O–H groups in total. The molecule has 5 nitrogen and oxygen atoms in total. The Kier molecular flexibility index (Phi) is 9.33. The first-order valence-electron chi connectivity index (χ1n) is 10.3. The Bertz CT molecular complexity index is 804. The number of methoxy groups -OCH3 is 1. The van der Waals surface area contributed by atoms with Gasteiger partial charge in [0.15, 0.2) is 0 Å². The SMILES string of the molecule is CCN(CC)CCN(Cc1ccc(-c2ccc(C(F)(F)F)cc2)cc1)C(=O)NCOC. The summed E-state index contributed by atoms with van der Waals surface area (Å²) in [5.41, 5.74) is 1.79. The molecule has 0 aliphatic heterocycles. The molecule has 0 unspecified atom stereocenters. The van der Waals surface area contributed by atoms with Gasteiger partial charge in [-0.15, -0.1) is 0 Å². The summed E-state index contributed by atoms with van der Waals surface area (Å²) in [5.74, 6) is 0. The van der Waals surface area contributed by atoms with Crippen LogP contribution in [0.1, 0.15) is 25.0 Å². The third-order valence-corrected chi connectivity index (χ3v) is 5.11. The Hall–Kier alpha value is -2.58. The first-order chi connectivity index (χ1) is 14.8. The van der Waals surface area contributed by atoms with Crippen molar-refractivity contribution in [3.8, 4) is 11.1 Å². The zero-order chi connectivity index (χ0) is 22.9. The van der Waals surface area contributed by atoms with E-state index in [2.05, 4.69) is 24.1 Å². The van der Waals surface area contributed by atoms with Gasteiger partial charge in [0.25, 0.3) is 0 Å². The van der Waals surface area contributed by atoms with Crippen molar-refractivity contribution in [2.24, 2.45) is 0 Å². The van der Waals surface area contributed by atoms with E-state index in [4.69, 9.17) is 4.74 Å². The number of carbonyl (C=O) groups is 1. The lowest BCUT2D eigenvalue weighted by Gasteiger charge is -2.27. The fourth-order valence-corrected chi connectivity index (χ4v) is 3.17. The van der Waals surface area contributed by atoms with Crippen LogP contribution in [0.4, 0.5) is 18.0 Å². The largest absolute Gasteiger partial charge is 0.416 e. The Morgan fingerprint density at radius 1 is 0.935 bits per heavy atom. The van der Waals surface area contributed by atoms with Crippen molar-refractivity contribution in [2.75, 3.05) is 40.0 Å². The third kappa shape index (κ3) is 7.56. The van der Waals surface area contributed by atoms with E-state index in [1.54, 1.807) is 4.90 Å². The van der Waals surface area contributed by atoms with Gasteiger partial charge in [-0.1, -0.05) is 50.2 Å². The van der Waals surface area contributed by atoms with Gasteiger partial charge in [0.05, 0.1) is 5.56 Å². The number of halogens is 3. The molecule has 0 aliphatic carbocycles. The Labute approximate surface area is 181 Å². The van der Waals surface area contributed by atoms with Crippen LogP contribution < -0.4 is 5.32 Å². The fourth-order valence-electron chi connectivity index (χ4n) is 3.17. The molecule has 0 fully saturated rings. The van der Waals surface area contributed by atoms with Gasteiger partial charge in [0, 0.05) is 26.7 Å². The molecule has 0 atom stereocenters. The quantitative estimate of drug-likeness (QED) is 0.542. The average Bonchev–Trinajstić information content (AvgIpc) is 2.77. The van der Waals surface area contributed by atoms with Crippen LogP contribution in [-0.4, -0.2) is 55.9 Å². The molecule has 2 aromatic rings. The summed E-state index contributed by atoms with van der Waals surface area (Å²) < 4.78 is 43.2. The maximum Gasteiger partial charge on any atom is 0.416 e. The van der Waals surface area contributed by atoms with Crippen molar-refractivity contribution >= 4 is 6.03 Å². The van der Waals surface area contributed by atoms with E-state index in [-0.39, 0.29) is 12.8 Å². The maximum atomic E-state index is 12.7. The number of nitrogens with one attached hydrogen (secondary N) is 1. The highest BCUT2D eigenvalue weighted by Crippen LogP contribution is 2.31. The van der Waals surface area contributed by atoms with Crippen LogP contribution in [0.3, 0.4) is 0 Å². The zero-order valence-electron chi connectivity index (χ0n) is 18.2. The molecule has 31 heavy (non-hydrogen) atoms. The molecule has 8 heteroatoms. The predicted molar refractivity (Wildman–Crippen MR) is 115 cm³/mol. The number of urea groups is 1. The number of nitrogens with zero attached hydrogens (tertiary/aromatic N) is 2. The van der Waals surface area contributed by atoms with Gasteiger partial charge in [-0.2, -0.15) is 13.2 Å². The van der Waals surface area contributed by atoms with Crippen LogP contribution in [0.15, 0.2) is 48.5 Å². The number of ether oxygens (including phenoxy) is 1. The van der Waals surface area contributed by atoms with E-state index in [1.165, 1.54) is 19.2 Å². The molecule has 2 amide bonds. The number of benzene rings is 2. The second kappa shape index (κ2) is 11.7. The van der Waals surface area contributed by atoms with Crippen LogP contribution in [0, 0.1) is 0 Å². The summed E-state index contributed by atoms with van der Waals surface area (Å²) in [7, 11) is 1.51. The Morgan fingerprint density at radius 3 is 1.97 bits per heavy atom. The van der Waals surface area contributed by atoms with E-state index in [1.807, 2.05) is 24.3 Å². The summed E-state index contributed by atoms with van der Waals surface area (Å²) in [5, 5.41) is 2.72. The van der Waals surface area contributed by atoms with E-state index < -0.39 is 11.7 Å². The van der Waals surface area contributed by atoms with Gasteiger partial charge in [-0.05, 0) is 41.9 Å². The Morgan fingerprint density at radius 2 is 1.48 bits per heavy atom. The fraction of sp³-hybridized carbons (Fsp3) is 0.435. The number of carbonyl (C=O) groups excluding carboxylic acids is 1. The van der Waals surface area contributed by atoms with Crippen molar-refractivity contribution < 1.29 is 22.7 Å². The predicted octanol–water partition coefficient (Wildman–Crippen LogP) is 4.83. The smallest absolute Gasteiger partial charge is 0.364 e. The van der Waals surface area contributed by atoms with Crippen LogP contribution in [0.5, 0.6) is 0 Å². The first kappa shape index (κ1) is 24.7. The zero-order valence-corrected chi connectivity index (χ0v) is 18.2. The lowest BCUT2D eigenvalue weighted by Crippen LogP contribution is -2.44. The standard InChI is InChI=1S/C23H30F3N3O2/c1-4-28(5-2)14-15-29(22(30)27-17-31-3)16-18-6-8-19(9-7-18)20-10-12-21(13-11-20)23(24,25)26/h6-13H,4-5,14-17H2,1-3H3,(H,27,30). The minimum absolute atomic E-state index is 0.132. The highest BCUT2D eigenvalue weighted by molar-refractivity contribution is 5.74. The van der Waals surface area contributed by atoms with Gasteiger partial charge in [0.1, 0.15) is 6.73 Å². The van der Waals surface area contributed by atoms with Crippen LogP contribution in [0.2, 0.25) is 0 Å². The monoisotopic (exact) mass is 437 g/mol. The van der Waals surface area contributed by atoms with Gasteiger partial charge in [-0.25, -0.2) is 4.79 Å². The van der Waals surface area contributed by atoms with Gasteiger partial charge in [-0.3, -0.25) is 0 Å². The number of amides is 2. The molecule has 0 saturated heterocycles. The van der Waals surface area contributed by atoms with E-state index in [0.29, 0.717) is 18.7 Å². The summed E-state index contributed by atoms with van der Waals surface area (Å²) in [4.78, 5) is 16.5. The van der Waals surface area contributed by atoms with Gasteiger partial charge >= 0.3 is 12.2 Å². The van der Waals surface area contributed by atoms with Gasteiger partial charge < -0.3 is 19.9 Å². The van der Waals surface area contributed by atoms with Crippen molar-refractivity contribution in [1.29, 1.82) is 0 Å². The molecule has 0 aliphatic rings. The molecule has 0 aromatic heterocycles. The minimum atomic E-state index is -4.35. The summed E-state index contributed by atoms with van der Waals surface area (Å²) in [6, 6.07) is 12.4. The first-order valence-corrected chi connectivity index (χ1v) is 10.3. The number of hydrogen-bond donors (Lipinski definition) is 1. The Balaban J connectivity index is 2.09. The summed E-state index contributed by atoms with van der Waals surface area (Å²) >= 11 is 0. The van der Waals surface area contributed by atoms with Crippen LogP contribution >= 0.6 is 0 Å². The average molecular weight is 438 g/mol. The van der Waals surface area contributed by atoms with Crippen LogP contribution in [-0.2, 0) is 17.5 Å². The van der Waals surface area contributed by atoms with E-state index in [9.17, 15) is 18.0 Å². The van der Waals surface area contributed by atoms with Gasteiger partial charge in [0.2, 0.25) is 0 Å². The van der Waals surface area contributed by atoms with E-state index >= 15 is 0 Å². The number of rotatable bonds is 10. The number of likely N-dealkylation sites (N-methyl/N-ethyl adjacent to an activating group) is 1. The molecule has 2 rings (SSSR count). The van der Waals surface area contributed by atoms with E-state index in [0.717, 1.165) is 42.9 Å². The molecule has 2 aromatic carbocycles. The molecular formula is C23H30F3N3O2. The molecule has 0 saturated carbocycles. The number of alkyl halides is 3. The minimum Gasteiger partial charge on any atom is -0.364 e. The topological polar surface area (TPSA) is 44.8 Å². The third-order valence-electron chi connectivity index (χ3n) is 5.11. The second-order valence-electron chi connectivity index (χ2n) is 7.14. The molecular weight excluding hydrogens is 407 g/mol. The lowest BCUT2D eigenvalue weighted by atomic mass is 10.0. The molecule has 0 radical (unpaired) electrons. The molecule has 170 valence electrons. The summed E-state index contributed by atoms with van der Waals surface area (Å²) in [6.07, 6.45) is -4.35. The lowest BCUT2D eigenvalue weighted by molar-refractivity contribution is -0.137. The summed E-state index contributed by atoms with van der Waals surface area (Å²) in [6.45, 7) is 7.86. The van der Waals surface area contributed by atoms with Crippen molar-refractivity contribution in [3.05, 3.63) is 59.7 Å². The van der Waals surface area contributed by atoms with Crippen molar-refractivity contribution in [1.82, 2.24) is 15.1 Å². The molecule has 0 heterocycles. The highest BCUT2D eigenvalue weighted by Gasteiger charge is 2.29. The maximum absolute atomic E-state index is 12.7. The normalized spacial score (nSPS) is 11.6. The van der Waals surface area contributed by atoms with Crippen molar-refractivity contribution in [3.63, 3.8) is 0 Å². The number of hydrogen-bond acceptors (Lipinski definition) is 3. The highest BCUT2D eigenvalue weighted by atomic mass is 19.4. The molecule has 0 bridgehead atoms. The van der Waals surface area contributed by atoms with Crippen molar-refractivity contribution in [2.45, 2.75) is 26.6 Å². The van der Waals surface area contributed by atoms with Crippen LogP contribution in [0.25, 0.3) is 11.1 Å². The molecule has 0 spiro atoms. The second-order valence-corrected chi connectivity index (χ2v) is 7.14.